The van der Waals surface area contributed by atoms with Gasteiger partial charge in [0.25, 0.3) is 5.91 Å². The van der Waals surface area contributed by atoms with Crippen molar-refractivity contribution in [2.45, 2.75) is 97.8 Å². The van der Waals surface area contributed by atoms with Gasteiger partial charge in [0.1, 0.15) is 36.0 Å². The number of carbonyl (C=O) groups excluding carboxylic acids is 4. The van der Waals surface area contributed by atoms with Gasteiger partial charge in [-0.05, 0) is 124 Å². The molecule has 0 aliphatic carbocycles. The molecule has 3 heterocycles. The molecular weight excluding hydrogens is 898 g/mol. The van der Waals surface area contributed by atoms with E-state index in [0.717, 1.165) is 40.2 Å². The lowest BCUT2D eigenvalue weighted by Crippen LogP contribution is -2.58. The molecule has 2 atom stereocenters. The van der Waals surface area contributed by atoms with Crippen LogP contribution in [0.1, 0.15) is 83.5 Å². The maximum Gasteiger partial charge on any atom is 0.259 e. The van der Waals surface area contributed by atoms with E-state index in [0.29, 0.717) is 80.9 Å². The van der Waals surface area contributed by atoms with E-state index < -0.39 is 28.9 Å². The van der Waals surface area contributed by atoms with Crippen molar-refractivity contribution in [1.29, 1.82) is 5.26 Å². The number of unbranched alkanes of at least 4 members (excludes halogenated alkanes) is 1. The van der Waals surface area contributed by atoms with Gasteiger partial charge >= 0.3 is 0 Å². The minimum absolute atomic E-state index is 0.198. The standard InChI is InChI=1S/C49H58ClN7O7S2/c1-32-42(66-31-53-32)34-14-12-33(13-15-34)29-52-44(59)40-11-9-22-55(40)45(60)43(48(2,3)4)54-41(58)30-63-25-10-24-62-23-7-8-26-64-38-20-18-36(19-21-38)57-47(65)56(46(61)49(57,5)6)37-17-16-35(28-51)39(50)27-37/h12-21,27,31,40,43H,7-11,22-26,29-30H2,1-6H3,(H,52,59)(H,54,58)/t40-,43+/m0/s1. The molecule has 0 unspecified atom stereocenters. The summed E-state index contributed by atoms with van der Waals surface area (Å²) in [6.07, 6.45) is 3.42. The number of aryl methyl sites for hydroxylation is 1. The van der Waals surface area contributed by atoms with Crippen LogP contribution in [0.25, 0.3) is 10.4 Å². The van der Waals surface area contributed by atoms with Gasteiger partial charge < -0.3 is 34.6 Å². The Balaban J connectivity index is 0.846. The zero-order valence-corrected chi connectivity index (χ0v) is 40.7. The number of aromatic nitrogens is 1. The van der Waals surface area contributed by atoms with Crippen LogP contribution in [0.5, 0.6) is 5.75 Å². The Kier molecular flexibility index (Phi) is 16.9. The Morgan fingerprint density at radius 2 is 1.67 bits per heavy atom. The van der Waals surface area contributed by atoms with E-state index in [1.165, 1.54) is 4.90 Å². The number of rotatable bonds is 20. The van der Waals surface area contributed by atoms with Crippen molar-refractivity contribution in [3.05, 3.63) is 94.1 Å². The summed E-state index contributed by atoms with van der Waals surface area (Å²) in [5, 5.41) is 15.7. The van der Waals surface area contributed by atoms with Crippen molar-refractivity contribution in [1.82, 2.24) is 20.5 Å². The number of nitrogens with one attached hydrogen (secondary N) is 2. The van der Waals surface area contributed by atoms with Gasteiger partial charge in [-0.3, -0.25) is 24.1 Å². The smallest absolute Gasteiger partial charge is 0.259 e. The maximum atomic E-state index is 13.9. The second-order valence-corrected chi connectivity index (χ2v) is 19.5. The van der Waals surface area contributed by atoms with Gasteiger partial charge in [-0.2, -0.15) is 5.26 Å². The third-order valence-electron chi connectivity index (χ3n) is 11.5. The van der Waals surface area contributed by atoms with Gasteiger partial charge in [0, 0.05) is 38.6 Å². The first kappa shape index (κ1) is 50.0. The molecule has 2 aliphatic heterocycles. The molecule has 4 amide bonds. The summed E-state index contributed by atoms with van der Waals surface area (Å²) in [7, 11) is 0. The van der Waals surface area contributed by atoms with E-state index in [2.05, 4.69) is 15.6 Å². The number of benzene rings is 3. The predicted octanol–water partition coefficient (Wildman–Crippen LogP) is 7.98. The molecule has 4 aromatic rings. The molecule has 3 aromatic carbocycles. The summed E-state index contributed by atoms with van der Waals surface area (Å²) in [5.74, 6) is -0.407. The van der Waals surface area contributed by atoms with Crippen LogP contribution < -0.4 is 25.2 Å². The first-order chi connectivity index (χ1) is 31.5. The third-order valence-corrected chi connectivity index (χ3v) is 13.2. The van der Waals surface area contributed by atoms with E-state index in [9.17, 15) is 24.4 Å². The molecule has 0 bridgehead atoms. The maximum absolute atomic E-state index is 13.9. The number of nitriles is 1. The quantitative estimate of drug-likeness (QED) is 0.0652. The lowest BCUT2D eigenvalue weighted by Gasteiger charge is -2.35. The fraction of sp³-hybridized carbons (Fsp3) is 0.449. The Labute approximate surface area is 401 Å². The molecule has 0 spiro atoms. The summed E-state index contributed by atoms with van der Waals surface area (Å²) >= 11 is 13.6. The summed E-state index contributed by atoms with van der Waals surface area (Å²) < 4.78 is 17.3. The fourth-order valence-electron chi connectivity index (χ4n) is 7.89. The second kappa shape index (κ2) is 22.4. The number of nitrogens with zero attached hydrogens (tertiary/aromatic N) is 5. The second-order valence-electron chi connectivity index (χ2n) is 17.9. The van der Waals surface area contributed by atoms with Crippen LogP contribution in [0.2, 0.25) is 5.02 Å². The number of carbonyl (C=O) groups is 4. The lowest BCUT2D eigenvalue weighted by molar-refractivity contribution is -0.144. The van der Waals surface area contributed by atoms with Crippen LogP contribution >= 0.6 is 35.2 Å². The minimum Gasteiger partial charge on any atom is -0.494 e. The number of amides is 4. The Hall–Kier alpha value is -5.44. The topological polar surface area (TPSA) is 166 Å². The molecule has 2 saturated heterocycles. The highest BCUT2D eigenvalue weighted by Crippen LogP contribution is 2.38. The first-order valence-electron chi connectivity index (χ1n) is 22.1. The summed E-state index contributed by atoms with van der Waals surface area (Å²) in [5.41, 5.74) is 4.84. The summed E-state index contributed by atoms with van der Waals surface area (Å²) in [6.45, 7) is 13.7. The van der Waals surface area contributed by atoms with E-state index in [1.807, 2.05) is 102 Å². The van der Waals surface area contributed by atoms with Crippen molar-refractivity contribution in [2.24, 2.45) is 5.41 Å². The van der Waals surface area contributed by atoms with Gasteiger partial charge in [-0.25, -0.2) is 4.98 Å². The van der Waals surface area contributed by atoms with Gasteiger partial charge in [0.2, 0.25) is 17.7 Å². The van der Waals surface area contributed by atoms with Gasteiger partial charge in [0.15, 0.2) is 5.11 Å². The molecule has 2 aliphatic rings. The Morgan fingerprint density at radius 3 is 2.33 bits per heavy atom. The normalized spacial score (nSPS) is 16.3. The predicted molar refractivity (Wildman–Crippen MR) is 260 cm³/mol. The average Bonchev–Trinajstić information content (AvgIpc) is 4.00. The summed E-state index contributed by atoms with van der Waals surface area (Å²) in [6, 6.07) is 20.8. The van der Waals surface area contributed by atoms with Crippen LogP contribution in [0, 0.1) is 23.7 Å². The molecule has 6 rings (SSSR count). The highest BCUT2D eigenvalue weighted by molar-refractivity contribution is 7.81. The zero-order chi connectivity index (χ0) is 47.6. The molecule has 1 aromatic heterocycles. The van der Waals surface area contributed by atoms with Crippen LogP contribution in [0.3, 0.4) is 0 Å². The van der Waals surface area contributed by atoms with Crippen LogP contribution in [-0.4, -0.2) is 95.8 Å². The van der Waals surface area contributed by atoms with Gasteiger partial charge in [-0.15, -0.1) is 11.3 Å². The molecule has 350 valence electrons. The number of hydrogen-bond acceptors (Lipinski definition) is 11. The molecule has 0 radical (unpaired) electrons. The first-order valence-corrected chi connectivity index (χ1v) is 23.8. The Morgan fingerprint density at radius 1 is 0.985 bits per heavy atom. The van der Waals surface area contributed by atoms with Crippen LogP contribution in [0.15, 0.2) is 72.2 Å². The zero-order valence-electron chi connectivity index (χ0n) is 38.4. The third kappa shape index (κ3) is 12.1. The minimum atomic E-state index is -0.961. The van der Waals surface area contributed by atoms with Crippen molar-refractivity contribution in [3.63, 3.8) is 0 Å². The van der Waals surface area contributed by atoms with E-state index in [1.54, 1.807) is 39.3 Å². The SMILES string of the molecule is Cc1ncsc1-c1ccc(CNC(=O)[C@@H]2CCCN2C(=O)[C@@H](NC(=O)COCCCOCCCCOc2ccc(N3C(=S)N(c4ccc(C#N)c(Cl)c4)C(=O)C3(C)C)cc2)C(C)(C)C)cc1. The molecule has 2 N–H and O–H groups in total. The number of thiocarbonyl (C=S) groups is 1. The number of halogens is 1. The molecule has 0 saturated carbocycles. The number of hydrogen-bond donors (Lipinski definition) is 2. The van der Waals surface area contributed by atoms with Crippen molar-refractivity contribution in [3.8, 4) is 22.3 Å². The Bertz CT molecular complexity index is 2410. The van der Waals surface area contributed by atoms with E-state index >= 15 is 0 Å². The molecule has 2 fully saturated rings. The lowest BCUT2D eigenvalue weighted by atomic mass is 9.85. The van der Waals surface area contributed by atoms with Crippen molar-refractivity contribution < 1.29 is 33.4 Å². The molecule has 14 nitrogen and oxygen atoms in total. The molecule has 66 heavy (non-hydrogen) atoms. The van der Waals surface area contributed by atoms with Crippen molar-refractivity contribution in [2.75, 3.05) is 49.4 Å². The van der Waals surface area contributed by atoms with Crippen LogP contribution in [-0.2, 0) is 35.2 Å². The number of likely N-dealkylation sites (tertiary alicyclic amines) is 1. The van der Waals surface area contributed by atoms with E-state index in [4.69, 9.17) is 38.0 Å². The van der Waals surface area contributed by atoms with Crippen molar-refractivity contribution >= 4 is 75.3 Å². The highest BCUT2D eigenvalue weighted by Gasteiger charge is 2.50. The van der Waals surface area contributed by atoms with Gasteiger partial charge in [0.05, 0.1) is 39.0 Å². The number of ether oxygens (including phenoxy) is 3. The molecule has 17 heteroatoms. The number of thiazole rings is 1. The van der Waals surface area contributed by atoms with Crippen LogP contribution in [0.4, 0.5) is 11.4 Å². The monoisotopic (exact) mass is 955 g/mol. The summed E-state index contributed by atoms with van der Waals surface area (Å²) in [4.78, 5) is 64.1. The number of anilines is 2. The molecular formula is C49H58ClN7O7S2. The largest absolute Gasteiger partial charge is 0.494 e. The van der Waals surface area contributed by atoms with Gasteiger partial charge in [-0.1, -0.05) is 56.6 Å². The fourth-order valence-corrected chi connectivity index (χ4v) is 9.44. The van der Waals surface area contributed by atoms with E-state index in [-0.39, 0.29) is 29.4 Å². The average molecular weight is 957 g/mol. The highest BCUT2D eigenvalue weighted by atomic mass is 35.5.